The second-order valence-electron chi connectivity index (χ2n) is 6.32. The standard InChI is InChI=1S/C19H21N9O2S/c1-12(14-6-8-21-9-7-14)24-25-18-26-27-19(28(18)20)31-11-17(30)23-16-5-3-4-15(10-16)22-13(2)29/h3-10H,11,20H2,1-2H3,(H,22,29)(H,23,30)(H,25,26)/b24-12+. The van der Waals surface area contributed by atoms with Crippen LogP contribution in [0.1, 0.15) is 19.4 Å². The van der Waals surface area contributed by atoms with E-state index in [9.17, 15) is 9.59 Å². The highest BCUT2D eigenvalue weighted by Crippen LogP contribution is 2.19. The van der Waals surface area contributed by atoms with Crippen molar-refractivity contribution in [3.05, 3.63) is 54.4 Å². The maximum Gasteiger partial charge on any atom is 0.264 e. The number of anilines is 3. The van der Waals surface area contributed by atoms with Gasteiger partial charge in [0.15, 0.2) is 0 Å². The number of carbonyl (C=O) groups is 2. The molecule has 0 aliphatic heterocycles. The van der Waals surface area contributed by atoms with E-state index < -0.39 is 0 Å². The van der Waals surface area contributed by atoms with Crippen LogP contribution in [0.5, 0.6) is 0 Å². The second kappa shape index (κ2) is 10.2. The zero-order chi connectivity index (χ0) is 22.2. The summed E-state index contributed by atoms with van der Waals surface area (Å²) in [7, 11) is 0. The molecule has 0 unspecified atom stereocenters. The highest BCUT2D eigenvalue weighted by atomic mass is 32.2. The number of hydrogen-bond donors (Lipinski definition) is 4. The Balaban J connectivity index is 1.55. The van der Waals surface area contributed by atoms with Crippen molar-refractivity contribution in [2.75, 3.05) is 27.7 Å². The first-order chi connectivity index (χ1) is 14.9. The fraction of sp³-hybridized carbons (Fsp3) is 0.158. The Morgan fingerprint density at radius 1 is 1.10 bits per heavy atom. The smallest absolute Gasteiger partial charge is 0.264 e. The number of hydrogen-bond acceptors (Lipinski definition) is 9. The highest BCUT2D eigenvalue weighted by molar-refractivity contribution is 7.99. The first-order valence-electron chi connectivity index (χ1n) is 9.14. The third kappa shape index (κ3) is 6.27. The molecule has 0 aliphatic carbocycles. The van der Waals surface area contributed by atoms with Gasteiger partial charge in [0.2, 0.25) is 17.0 Å². The minimum absolute atomic E-state index is 0.0685. The molecule has 160 valence electrons. The monoisotopic (exact) mass is 439 g/mol. The molecular weight excluding hydrogens is 418 g/mol. The zero-order valence-electron chi connectivity index (χ0n) is 16.9. The number of carbonyl (C=O) groups excluding carboxylic acids is 2. The Bertz CT molecular complexity index is 1100. The fourth-order valence-corrected chi connectivity index (χ4v) is 3.10. The lowest BCUT2D eigenvalue weighted by atomic mass is 10.2. The molecule has 3 aromatic rings. The van der Waals surface area contributed by atoms with Gasteiger partial charge in [0.25, 0.3) is 5.95 Å². The second-order valence-corrected chi connectivity index (χ2v) is 7.26. The van der Waals surface area contributed by atoms with Crippen LogP contribution in [-0.2, 0) is 9.59 Å². The number of benzene rings is 1. The minimum Gasteiger partial charge on any atom is -0.334 e. The number of pyridine rings is 1. The molecule has 0 bridgehead atoms. The SMILES string of the molecule is CC(=O)Nc1cccc(NC(=O)CSc2nnc(N/N=C(\C)c3ccncc3)n2N)c1. The van der Waals surface area contributed by atoms with Crippen LogP contribution in [0.3, 0.4) is 0 Å². The summed E-state index contributed by atoms with van der Waals surface area (Å²) < 4.78 is 1.22. The van der Waals surface area contributed by atoms with E-state index in [1.165, 1.54) is 11.6 Å². The van der Waals surface area contributed by atoms with Gasteiger partial charge in [0, 0.05) is 36.3 Å². The number of nitrogen functional groups attached to an aromatic ring is 1. The average Bonchev–Trinajstić information content (AvgIpc) is 3.10. The lowest BCUT2D eigenvalue weighted by Gasteiger charge is -2.08. The number of nitrogens with one attached hydrogen (secondary N) is 3. The van der Waals surface area contributed by atoms with Crippen molar-refractivity contribution in [3.8, 4) is 0 Å². The highest BCUT2D eigenvalue weighted by Gasteiger charge is 2.12. The lowest BCUT2D eigenvalue weighted by Crippen LogP contribution is -2.17. The third-order valence-electron chi connectivity index (χ3n) is 3.89. The van der Waals surface area contributed by atoms with Crippen LogP contribution in [0.2, 0.25) is 0 Å². The van der Waals surface area contributed by atoms with Crippen LogP contribution in [-0.4, -0.2) is 43.1 Å². The molecular formula is C19H21N9O2S. The number of hydrazone groups is 1. The normalized spacial score (nSPS) is 11.1. The summed E-state index contributed by atoms with van der Waals surface area (Å²) in [6, 6.07) is 10.5. The number of thioether (sulfide) groups is 1. The lowest BCUT2D eigenvalue weighted by molar-refractivity contribution is -0.114. The Hall–Kier alpha value is -3.93. The third-order valence-corrected chi connectivity index (χ3v) is 4.83. The average molecular weight is 440 g/mol. The maximum atomic E-state index is 12.2. The Morgan fingerprint density at radius 3 is 2.52 bits per heavy atom. The number of rotatable bonds is 8. The number of aromatic nitrogens is 4. The summed E-state index contributed by atoms with van der Waals surface area (Å²) >= 11 is 1.13. The van der Waals surface area contributed by atoms with E-state index in [2.05, 4.69) is 36.3 Å². The van der Waals surface area contributed by atoms with E-state index in [1.807, 2.05) is 19.1 Å². The van der Waals surface area contributed by atoms with Gasteiger partial charge in [-0.2, -0.15) is 5.10 Å². The first kappa shape index (κ1) is 21.8. The van der Waals surface area contributed by atoms with Crippen LogP contribution < -0.4 is 21.9 Å². The van der Waals surface area contributed by atoms with E-state index in [0.29, 0.717) is 16.5 Å². The minimum atomic E-state index is -0.256. The van der Waals surface area contributed by atoms with Gasteiger partial charge < -0.3 is 16.5 Å². The molecule has 2 aromatic heterocycles. The van der Waals surface area contributed by atoms with Crippen molar-refractivity contribution in [1.82, 2.24) is 19.9 Å². The molecule has 31 heavy (non-hydrogen) atoms. The van der Waals surface area contributed by atoms with Crippen LogP contribution >= 0.6 is 11.8 Å². The number of amides is 2. The summed E-state index contributed by atoms with van der Waals surface area (Å²) in [5, 5.41) is 17.9. The molecule has 1 aromatic carbocycles. The van der Waals surface area contributed by atoms with Gasteiger partial charge in [0.1, 0.15) is 0 Å². The van der Waals surface area contributed by atoms with Gasteiger partial charge in [-0.3, -0.25) is 14.6 Å². The molecule has 2 amide bonds. The summed E-state index contributed by atoms with van der Waals surface area (Å²) in [5.41, 5.74) is 5.55. The maximum absolute atomic E-state index is 12.2. The number of nitrogens with two attached hydrogens (primary N) is 1. The Labute approximate surface area is 182 Å². The first-order valence-corrected chi connectivity index (χ1v) is 10.1. The van der Waals surface area contributed by atoms with Crippen LogP contribution in [0.15, 0.2) is 59.0 Å². The van der Waals surface area contributed by atoms with Gasteiger partial charge in [-0.1, -0.05) is 17.8 Å². The fourth-order valence-electron chi connectivity index (χ4n) is 2.45. The van der Waals surface area contributed by atoms with Crippen LogP contribution in [0, 0.1) is 0 Å². The van der Waals surface area contributed by atoms with Gasteiger partial charge in [-0.05, 0) is 37.3 Å². The van der Waals surface area contributed by atoms with Gasteiger partial charge in [0.05, 0.1) is 11.5 Å². The summed E-state index contributed by atoms with van der Waals surface area (Å²) in [5.74, 6) is 5.85. The van der Waals surface area contributed by atoms with Gasteiger partial charge >= 0.3 is 0 Å². The van der Waals surface area contributed by atoms with Crippen molar-refractivity contribution in [2.45, 2.75) is 19.0 Å². The Kier molecular flexibility index (Phi) is 7.17. The molecule has 12 heteroatoms. The van der Waals surface area contributed by atoms with E-state index in [0.717, 1.165) is 23.0 Å². The predicted octanol–water partition coefficient (Wildman–Crippen LogP) is 1.91. The molecule has 0 saturated carbocycles. The molecule has 0 spiro atoms. The predicted molar refractivity (Wildman–Crippen MR) is 120 cm³/mol. The quantitative estimate of drug-likeness (QED) is 0.180. The summed E-state index contributed by atoms with van der Waals surface area (Å²) in [4.78, 5) is 27.4. The van der Waals surface area contributed by atoms with E-state index in [4.69, 9.17) is 5.84 Å². The van der Waals surface area contributed by atoms with Crippen molar-refractivity contribution in [1.29, 1.82) is 0 Å². The van der Waals surface area contributed by atoms with Crippen molar-refractivity contribution in [3.63, 3.8) is 0 Å². The van der Waals surface area contributed by atoms with Gasteiger partial charge in [-0.25, -0.2) is 10.1 Å². The molecule has 3 rings (SSSR count). The summed E-state index contributed by atoms with van der Waals surface area (Å²) in [6.07, 6.45) is 3.35. The zero-order valence-corrected chi connectivity index (χ0v) is 17.7. The molecule has 11 nitrogen and oxygen atoms in total. The molecule has 0 radical (unpaired) electrons. The molecule has 0 atom stereocenters. The van der Waals surface area contributed by atoms with Crippen molar-refractivity contribution in [2.24, 2.45) is 5.10 Å². The van der Waals surface area contributed by atoms with Gasteiger partial charge in [-0.15, -0.1) is 10.2 Å². The molecule has 0 fully saturated rings. The van der Waals surface area contributed by atoms with Crippen molar-refractivity contribution >= 4 is 46.6 Å². The van der Waals surface area contributed by atoms with Crippen LogP contribution in [0.4, 0.5) is 17.3 Å². The van der Waals surface area contributed by atoms with Crippen LogP contribution in [0.25, 0.3) is 0 Å². The number of nitrogens with zero attached hydrogens (tertiary/aromatic N) is 5. The largest absolute Gasteiger partial charge is 0.334 e. The molecule has 0 saturated heterocycles. The van der Waals surface area contributed by atoms with E-state index >= 15 is 0 Å². The molecule has 2 heterocycles. The molecule has 5 N–H and O–H groups in total. The van der Waals surface area contributed by atoms with Crippen molar-refractivity contribution < 1.29 is 9.59 Å². The van der Waals surface area contributed by atoms with E-state index in [1.54, 1.807) is 36.7 Å². The summed E-state index contributed by atoms with van der Waals surface area (Å²) in [6.45, 7) is 3.25. The molecule has 0 aliphatic rings. The topological polar surface area (TPSA) is 152 Å². The Morgan fingerprint density at radius 2 is 1.81 bits per heavy atom. The van der Waals surface area contributed by atoms with E-state index in [-0.39, 0.29) is 23.5 Å².